The van der Waals surface area contributed by atoms with Gasteiger partial charge in [0.1, 0.15) is 10.8 Å². The molecule has 1 aromatic rings. The summed E-state index contributed by atoms with van der Waals surface area (Å²) in [6, 6.07) is 0. The van der Waals surface area contributed by atoms with E-state index in [0.29, 0.717) is 11.1 Å². The summed E-state index contributed by atoms with van der Waals surface area (Å²) in [6.45, 7) is 5.23. The SMILES string of the molecule is CSC(C)CCNc1snc(N)c1C. The molecular weight excluding hydrogens is 214 g/mol. The minimum Gasteiger partial charge on any atom is -0.383 e. The number of nitrogen functional groups attached to an aromatic ring is 1. The van der Waals surface area contributed by atoms with E-state index < -0.39 is 0 Å². The highest BCUT2D eigenvalue weighted by atomic mass is 32.2. The van der Waals surface area contributed by atoms with E-state index in [4.69, 9.17) is 5.73 Å². The Balaban J connectivity index is 2.35. The van der Waals surface area contributed by atoms with Crippen molar-refractivity contribution in [3.63, 3.8) is 0 Å². The molecule has 3 nitrogen and oxygen atoms in total. The quantitative estimate of drug-likeness (QED) is 0.818. The van der Waals surface area contributed by atoms with Gasteiger partial charge in [0.15, 0.2) is 0 Å². The van der Waals surface area contributed by atoms with Gasteiger partial charge in [0, 0.05) is 17.4 Å². The van der Waals surface area contributed by atoms with Crippen molar-refractivity contribution in [2.24, 2.45) is 0 Å². The fourth-order valence-electron chi connectivity index (χ4n) is 1.02. The van der Waals surface area contributed by atoms with Gasteiger partial charge in [-0.2, -0.15) is 16.1 Å². The number of hydrogen-bond donors (Lipinski definition) is 2. The molecule has 1 aromatic heterocycles. The standard InChI is InChI=1S/C9H17N3S2/c1-6(13-3)4-5-11-9-7(2)8(10)12-14-9/h6,11H,4-5H2,1-3H3,(H2,10,12). The molecule has 0 aliphatic carbocycles. The summed E-state index contributed by atoms with van der Waals surface area (Å²) in [5.74, 6) is 0.649. The Labute approximate surface area is 93.6 Å². The first-order valence-electron chi connectivity index (χ1n) is 4.63. The van der Waals surface area contributed by atoms with Gasteiger partial charge in [-0.25, -0.2) is 0 Å². The Morgan fingerprint density at radius 3 is 2.86 bits per heavy atom. The summed E-state index contributed by atoms with van der Waals surface area (Å²) in [5.41, 5.74) is 6.73. The van der Waals surface area contributed by atoms with Crippen molar-refractivity contribution in [2.75, 3.05) is 23.9 Å². The van der Waals surface area contributed by atoms with Crippen LogP contribution in [0.15, 0.2) is 0 Å². The molecule has 0 aliphatic rings. The number of nitrogens with two attached hydrogens (primary N) is 1. The molecule has 5 heteroatoms. The highest BCUT2D eigenvalue weighted by molar-refractivity contribution is 7.99. The van der Waals surface area contributed by atoms with Crippen molar-refractivity contribution in [1.82, 2.24) is 4.37 Å². The summed E-state index contributed by atoms with van der Waals surface area (Å²) in [7, 11) is 0. The molecular formula is C9H17N3S2. The van der Waals surface area contributed by atoms with Gasteiger partial charge in [0.2, 0.25) is 0 Å². The Hall–Kier alpha value is -0.420. The Morgan fingerprint density at radius 2 is 2.36 bits per heavy atom. The normalized spacial score (nSPS) is 12.8. The Morgan fingerprint density at radius 1 is 1.64 bits per heavy atom. The second kappa shape index (κ2) is 5.46. The van der Waals surface area contributed by atoms with Gasteiger partial charge in [0.25, 0.3) is 0 Å². The lowest BCUT2D eigenvalue weighted by Crippen LogP contribution is -2.07. The van der Waals surface area contributed by atoms with Gasteiger partial charge in [-0.1, -0.05) is 6.92 Å². The van der Waals surface area contributed by atoms with Crippen LogP contribution in [-0.2, 0) is 0 Å². The number of hydrogen-bond acceptors (Lipinski definition) is 5. The Bertz CT molecular complexity index is 286. The third-order valence-electron chi connectivity index (χ3n) is 2.20. The van der Waals surface area contributed by atoms with Gasteiger partial charge < -0.3 is 11.1 Å². The van der Waals surface area contributed by atoms with Crippen LogP contribution in [-0.4, -0.2) is 22.4 Å². The number of thioether (sulfide) groups is 1. The number of anilines is 2. The topological polar surface area (TPSA) is 50.9 Å². The van der Waals surface area contributed by atoms with Crippen LogP contribution in [0.3, 0.4) is 0 Å². The van der Waals surface area contributed by atoms with Crippen LogP contribution >= 0.6 is 23.3 Å². The minimum atomic E-state index is 0.649. The molecule has 0 saturated heterocycles. The average Bonchev–Trinajstić information content (AvgIpc) is 2.49. The number of nitrogens with zero attached hydrogens (tertiary/aromatic N) is 1. The van der Waals surface area contributed by atoms with E-state index in [1.165, 1.54) is 18.0 Å². The van der Waals surface area contributed by atoms with Crippen molar-refractivity contribution in [3.05, 3.63) is 5.56 Å². The number of rotatable bonds is 5. The van der Waals surface area contributed by atoms with Crippen LogP contribution in [0.1, 0.15) is 18.9 Å². The second-order valence-corrected chi connectivity index (χ2v) is 5.33. The molecule has 0 aliphatic heterocycles. The molecule has 0 radical (unpaired) electrons. The van der Waals surface area contributed by atoms with E-state index in [1.54, 1.807) is 0 Å². The zero-order chi connectivity index (χ0) is 10.6. The van der Waals surface area contributed by atoms with Crippen molar-refractivity contribution in [1.29, 1.82) is 0 Å². The van der Waals surface area contributed by atoms with Crippen molar-refractivity contribution in [3.8, 4) is 0 Å². The largest absolute Gasteiger partial charge is 0.383 e. The Kier molecular flexibility index (Phi) is 4.54. The average molecular weight is 231 g/mol. The van der Waals surface area contributed by atoms with Crippen molar-refractivity contribution >= 4 is 34.1 Å². The molecule has 1 atom stereocenters. The first-order valence-corrected chi connectivity index (χ1v) is 6.69. The maximum absolute atomic E-state index is 5.65. The van der Waals surface area contributed by atoms with E-state index in [9.17, 15) is 0 Å². The summed E-state index contributed by atoms with van der Waals surface area (Å²) < 4.78 is 4.09. The summed E-state index contributed by atoms with van der Waals surface area (Å²) in [6.07, 6.45) is 3.30. The highest BCUT2D eigenvalue weighted by Crippen LogP contribution is 2.25. The van der Waals surface area contributed by atoms with Crippen LogP contribution in [0.4, 0.5) is 10.8 Å². The zero-order valence-electron chi connectivity index (χ0n) is 8.83. The predicted octanol–water partition coefficient (Wildman–Crippen LogP) is 2.59. The van der Waals surface area contributed by atoms with Gasteiger partial charge >= 0.3 is 0 Å². The molecule has 0 fully saturated rings. The molecule has 3 N–H and O–H groups in total. The van der Waals surface area contributed by atoms with E-state index in [1.807, 2.05) is 18.7 Å². The van der Waals surface area contributed by atoms with E-state index >= 15 is 0 Å². The maximum Gasteiger partial charge on any atom is 0.142 e. The third kappa shape index (κ3) is 3.06. The van der Waals surface area contributed by atoms with Crippen LogP contribution in [0.5, 0.6) is 0 Å². The van der Waals surface area contributed by atoms with Crippen LogP contribution < -0.4 is 11.1 Å². The van der Waals surface area contributed by atoms with E-state index in [-0.39, 0.29) is 0 Å². The van der Waals surface area contributed by atoms with Gasteiger partial charge in [0.05, 0.1) is 0 Å². The first kappa shape index (κ1) is 11.7. The number of aromatic nitrogens is 1. The smallest absolute Gasteiger partial charge is 0.142 e. The lowest BCUT2D eigenvalue weighted by atomic mass is 10.3. The molecule has 14 heavy (non-hydrogen) atoms. The monoisotopic (exact) mass is 231 g/mol. The fraction of sp³-hybridized carbons (Fsp3) is 0.667. The van der Waals surface area contributed by atoms with Crippen molar-refractivity contribution < 1.29 is 0 Å². The highest BCUT2D eigenvalue weighted by Gasteiger charge is 2.06. The van der Waals surface area contributed by atoms with Gasteiger partial charge in [-0.05, 0) is 31.1 Å². The molecule has 1 rings (SSSR count). The number of nitrogens with one attached hydrogen (secondary N) is 1. The minimum absolute atomic E-state index is 0.649. The molecule has 1 heterocycles. The van der Waals surface area contributed by atoms with Gasteiger partial charge in [-0.15, -0.1) is 0 Å². The fourth-order valence-corrected chi connectivity index (χ4v) is 2.11. The molecule has 0 saturated carbocycles. The second-order valence-electron chi connectivity index (χ2n) is 3.28. The third-order valence-corrected chi connectivity index (χ3v) is 4.16. The molecule has 0 amide bonds. The summed E-state index contributed by atoms with van der Waals surface area (Å²) >= 11 is 3.33. The van der Waals surface area contributed by atoms with Crippen LogP contribution in [0.25, 0.3) is 0 Å². The lowest BCUT2D eigenvalue weighted by Gasteiger charge is -2.08. The predicted molar refractivity (Wildman–Crippen MR) is 67.3 cm³/mol. The van der Waals surface area contributed by atoms with Gasteiger partial charge in [-0.3, -0.25) is 0 Å². The lowest BCUT2D eigenvalue weighted by molar-refractivity contribution is 0.855. The summed E-state index contributed by atoms with van der Waals surface area (Å²) in [5, 5.41) is 5.17. The summed E-state index contributed by atoms with van der Waals surface area (Å²) in [4.78, 5) is 0. The molecule has 80 valence electrons. The zero-order valence-corrected chi connectivity index (χ0v) is 10.5. The van der Waals surface area contributed by atoms with Crippen molar-refractivity contribution in [2.45, 2.75) is 25.5 Å². The molecule has 1 unspecified atom stereocenters. The van der Waals surface area contributed by atoms with Crippen LogP contribution in [0.2, 0.25) is 0 Å². The maximum atomic E-state index is 5.65. The van der Waals surface area contributed by atoms with Crippen LogP contribution in [0, 0.1) is 6.92 Å². The van der Waals surface area contributed by atoms with E-state index in [2.05, 4.69) is 22.9 Å². The molecule has 0 spiro atoms. The first-order chi connectivity index (χ1) is 6.65. The molecule has 0 bridgehead atoms. The molecule has 0 aromatic carbocycles. The van der Waals surface area contributed by atoms with E-state index in [0.717, 1.165) is 17.1 Å².